The highest BCUT2D eigenvalue weighted by Gasteiger charge is 2.13. The van der Waals surface area contributed by atoms with Crippen molar-refractivity contribution in [2.75, 3.05) is 6.61 Å². The van der Waals surface area contributed by atoms with E-state index in [-0.39, 0.29) is 6.61 Å². The first-order chi connectivity index (χ1) is 7.06. The van der Waals surface area contributed by atoms with E-state index in [4.69, 9.17) is 4.74 Å². The maximum absolute atomic E-state index is 11.9. The lowest BCUT2D eigenvalue weighted by Crippen LogP contribution is -2.07. The molecule has 0 saturated heterocycles. The molecule has 0 saturated carbocycles. The van der Waals surface area contributed by atoms with Crippen LogP contribution in [0.3, 0.4) is 0 Å². The Morgan fingerprint density at radius 2 is 2.20 bits per heavy atom. The number of ether oxygens (including phenoxy) is 1. The van der Waals surface area contributed by atoms with Gasteiger partial charge in [-0.2, -0.15) is 5.10 Å². The van der Waals surface area contributed by atoms with Crippen LogP contribution in [0.15, 0.2) is 4.47 Å². The summed E-state index contributed by atoms with van der Waals surface area (Å²) in [6, 6.07) is 0. The molecule has 0 unspecified atom stereocenters. The van der Waals surface area contributed by atoms with Gasteiger partial charge >= 0.3 is 0 Å². The van der Waals surface area contributed by atoms with Crippen LogP contribution in [0, 0.1) is 0 Å². The first-order valence-corrected chi connectivity index (χ1v) is 5.41. The minimum atomic E-state index is -2.43. The van der Waals surface area contributed by atoms with Crippen LogP contribution in [-0.2, 0) is 24.8 Å². The average molecular weight is 283 g/mol. The lowest BCUT2D eigenvalue weighted by atomic mass is 10.3. The summed E-state index contributed by atoms with van der Waals surface area (Å²) in [5, 5.41) is 4.23. The second-order valence-corrected chi connectivity index (χ2v) is 3.88. The lowest BCUT2D eigenvalue weighted by Gasteiger charge is -2.04. The van der Waals surface area contributed by atoms with E-state index < -0.39 is 13.0 Å². The highest BCUT2D eigenvalue weighted by molar-refractivity contribution is 9.10. The molecule has 1 aromatic heterocycles. The molecule has 1 rings (SSSR count). The molecule has 0 atom stereocenters. The molecule has 1 heterocycles. The number of halogens is 3. The van der Waals surface area contributed by atoms with E-state index in [0.29, 0.717) is 0 Å². The molecular weight excluding hydrogens is 270 g/mol. The Morgan fingerprint density at radius 1 is 1.53 bits per heavy atom. The summed E-state index contributed by atoms with van der Waals surface area (Å²) < 4.78 is 31.1. The summed E-state index contributed by atoms with van der Waals surface area (Å²) in [5.74, 6) is 0. The third kappa shape index (κ3) is 3.24. The summed E-state index contributed by atoms with van der Waals surface area (Å²) in [5.41, 5.74) is 1.70. The maximum atomic E-state index is 11.9. The summed E-state index contributed by atoms with van der Waals surface area (Å²) in [4.78, 5) is 0. The fraction of sp³-hybridized carbons (Fsp3) is 0.667. The van der Waals surface area contributed by atoms with Crippen LogP contribution in [0.4, 0.5) is 8.78 Å². The van der Waals surface area contributed by atoms with Gasteiger partial charge in [0.1, 0.15) is 6.61 Å². The number of aromatic nitrogens is 2. The lowest BCUT2D eigenvalue weighted by molar-refractivity contribution is 0.00772. The van der Waals surface area contributed by atoms with Crippen molar-refractivity contribution in [1.29, 1.82) is 0 Å². The summed E-state index contributed by atoms with van der Waals surface area (Å²) in [6.45, 7) is 1.59. The van der Waals surface area contributed by atoms with Crippen LogP contribution in [0.2, 0.25) is 0 Å². The van der Waals surface area contributed by atoms with Gasteiger partial charge in [-0.15, -0.1) is 0 Å². The second kappa shape index (κ2) is 5.55. The Hall–Kier alpha value is -0.490. The molecule has 86 valence electrons. The molecule has 3 nitrogen and oxygen atoms in total. The molecule has 0 aliphatic rings. The monoisotopic (exact) mass is 282 g/mol. The van der Waals surface area contributed by atoms with Crippen molar-refractivity contribution >= 4 is 15.9 Å². The Balaban J connectivity index is 2.64. The van der Waals surface area contributed by atoms with Gasteiger partial charge in [0, 0.05) is 7.05 Å². The van der Waals surface area contributed by atoms with Gasteiger partial charge in [0.15, 0.2) is 0 Å². The first-order valence-electron chi connectivity index (χ1n) is 4.62. The van der Waals surface area contributed by atoms with Crippen molar-refractivity contribution in [2.45, 2.75) is 26.4 Å². The SMILES string of the molecule is CCc1nn(C)c(COCC(F)F)c1Br. The molecule has 0 fully saturated rings. The number of nitrogens with zero attached hydrogens (tertiary/aromatic N) is 2. The molecule has 0 bridgehead atoms. The summed E-state index contributed by atoms with van der Waals surface area (Å²) in [7, 11) is 1.77. The highest BCUT2D eigenvalue weighted by atomic mass is 79.9. The summed E-state index contributed by atoms with van der Waals surface area (Å²) >= 11 is 3.38. The van der Waals surface area contributed by atoms with Crippen LogP contribution >= 0.6 is 15.9 Å². The zero-order valence-corrected chi connectivity index (χ0v) is 10.2. The average Bonchev–Trinajstić information content (AvgIpc) is 2.44. The van der Waals surface area contributed by atoms with Crippen LogP contribution < -0.4 is 0 Å². The molecule has 0 aliphatic heterocycles. The fourth-order valence-corrected chi connectivity index (χ4v) is 1.95. The van der Waals surface area contributed by atoms with E-state index >= 15 is 0 Å². The second-order valence-electron chi connectivity index (χ2n) is 3.09. The predicted molar refractivity (Wildman–Crippen MR) is 55.9 cm³/mol. The molecule has 0 amide bonds. The van der Waals surface area contributed by atoms with Gasteiger partial charge in [-0.25, -0.2) is 8.78 Å². The third-order valence-electron chi connectivity index (χ3n) is 1.99. The van der Waals surface area contributed by atoms with Crippen LogP contribution in [0.25, 0.3) is 0 Å². The van der Waals surface area contributed by atoms with Gasteiger partial charge in [0.25, 0.3) is 6.43 Å². The number of alkyl halides is 2. The Bertz CT molecular complexity index is 328. The van der Waals surface area contributed by atoms with E-state index in [1.165, 1.54) is 0 Å². The zero-order valence-electron chi connectivity index (χ0n) is 8.64. The molecular formula is C9H13BrF2N2O. The quantitative estimate of drug-likeness (QED) is 0.830. The van der Waals surface area contributed by atoms with Crippen molar-refractivity contribution in [3.05, 3.63) is 15.9 Å². The van der Waals surface area contributed by atoms with Crippen molar-refractivity contribution in [3.8, 4) is 0 Å². The van der Waals surface area contributed by atoms with Gasteiger partial charge in [-0.1, -0.05) is 6.92 Å². The van der Waals surface area contributed by atoms with Crippen molar-refractivity contribution in [2.24, 2.45) is 7.05 Å². The van der Waals surface area contributed by atoms with Crippen LogP contribution in [-0.4, -0.2) is 22.8 Å². The van der Waals surface area contributed by atoms with E-state index in [1.807, 2.05) is 6.92 Å². The van der Waals surface area contributed by atoms with Crippen molar-refractivity contribution < 1.29 is 13.5 Å². The van der Waals surface area contributed by atoms with Gasteiger partial charge in [0.2, 0.25) is 0 Å². The smallest absolute Gasteiger partial charge is 0.261 e. The molecule has 6 heteroatoms. The standard InChI is InChI=1S/C9H13BrF2N2O/c1-3-6-9(10)7(14(2)13-6)4-15-5-8(11)12/h8H,3-5H2,1-2H3. The minimum Gasteiger partial charge on any atom is -0.369 e. The van der Waals surface area contributed by atoms with Gasteiger partial charge < -0.3 is 4.74 Å². The Labute approximate surface area is 95.5 Å². The van der Waals surface area contributed by atoms with E-state index in [0.717, 1.165) is 22.3 Å². The molecule has 1 aromatic rings. The highest BCUT2D eigenvalue weighted by Crippen LogP contribution is 2.22. The fourth-order valence-electron chi connectivity index (χ4n) is 1.22. The first kappa shape index (κ1) is 12.6. The van der Waals surface area contributed by atoms with Crippen molar-refractivity contribution in [1.82, 2.24) is 9.78 Å². The normalized spacial score (nSPS) is 11.3. The largest absolute Gasteiger partial charge is 0.369 e. The van der Waals surface area contributed by atoms with Gasteiger partial charge in [-0.05, 0) is 22.4 Å². The molecule has 15 heavy (non-hydrogen) atoms. The van der Waals surface area contributed by atoms with Crippen molar-refractivity contribution in [3.63, 3.8) is 0 Å². The Morgan fingerprint density at radius 3 is 2.67 bits per heavy atom. The topological polar surface area (TPSA) is 27.1 Å². The van der Waals surface area contributed by atoms with Crippen LogP contribution in [0.5, 0.6) is 0 Å². The summed E-state index contributed by atoms with van der Waals surface area (Å²) in [6.07, 6.45) is -1.63. The van der Waals surface area contributed by atoms with Crippen LogP contribution in [0.1, 0.15) is 18.3 Å². The van der Waals surface area contributed by atoms with E-state index in [2.05, 4.69) is 21.0 Å². The molecule has 0 aliphatic carbocycles. The van der Waals surface area contributed by atoms with E-state index in [1.54, 1.807) is 11.7 Å². The number of aryl methyl sites for hydroxylation is 2. The predicted octanol–water partition coefficient (Wildman–Crippen LogP) is 2.53. The maximum Gasteiger partial charge on any atom is 0.261 e. The van der Waals surface area contributed by atoms with E-state index in [9.17, 15) is 8.78 Å². The molecule has 0 radical (unpaired) electrons. The number of hydrogen-bond donors (Lipinski definition) is 0. The number of hydrogen-bond acceptors (Lipinski definition) is 2. The van der Waals surface area contributed by atoms with Gasteiger partial charge in [-0.3, -0.25) is 4.68 Å². The molecule has 0 aromatic carbocycles. The Kier molecular flexibility index (Phi) is 4.66. The van der Waals surface area contributed by atoms with Gasteiger partial charge in [0.05, 0.1) is 22.5 Å². The third-order valence-corrected chi connectivity index (χ3v) is 2.90. The minimum absolute atomic E-state index is 0.147. The number of rotatable bonds is 5. The molecule has 0 N–H and O–H groups in total. The zero-order chi connectivity index (χ0) is 11.4. The molecule has 0 spiro atoms.